The number of amides is 2. The number of carbonyl (C=O) groups is 2. The standard InChI is InChI=1S/C22H21BrN2O4S2/c1-28-17-10-9-14(12-18(17)29-2)13-19-21(27)25(22(30)31-19)11-5-8-20(26)24-16-7-4-3-6-15(16)23/h3-4,6-7,9-10,12-13H,5,8,11H2,1-2H3,(H,24,26)/b19-13-. The van der Waals surface area contributed by atoms with Crippen molar-refractivity contribution in [3.8, 4) is 11.5 Å². The molecule has 0 radical (unpaired) electrons. The van der Waals surface area contributed by atoms with E-state index < -0.39 is 0 Å². The summed E-state index contributed by atoms with van der Waals surface area (Å²) in [6.07, 6.45) is 2.57. The van der Waals surface area contributed by atoms with E-state index >= 15 is 0 Å². The summed E-state index contributed by atoms with van der Waals surface area (Å²) in [5.41, 5.74) is 1.53. The smallest absolute Gasteiger partial charge is 0.266 e. The van der Waals surface area contributed by atoms with Crippen LogP contribution >= 0.6 is 39.9 Å². The van der Waals surface area contributed by atoms with Gasteiger partial charge in [-0.3, -0.25) is 14.5 Å². The number of nitrogens with one attached hydrogen (secondary N) is 1. The zero-order valence-electron chi connectivity index (χ0n) is 17.0. The van der Waals surface area contributed by atoms with Crippen LogP contribution in [0.15, 0.2) is 51.8 Å². The molecule has 0 aromatic heterocycles. The molecule has 6 nitrogen and oxygen atoms in total. The van der Waals surface area contributed by atoms with Crippen molar-refractivity contribution < 1.29 is 19.1 Å². The number of nitrogens with zero attached hydrogens (tertiary/aromatic N) is 1. The second kappa shape index (κ2) is 10.8. The van der Waals surface area contributed by atoms with E-state index in [-0.39, 0.29) is 18.2 Å². The predicted octanol–water partition coefficient (Wildman–Crippen LogP) is 5.09. The lowest BCUT2D eigenvalue weighted by Crippen LogP contribution is -2.29. The van der Waals surface area contributed by atoms with Gasteiger partial charge in [0.05, 0.1) is 24.8 Å². The lowest BCUT2D eigenvalue weighted by atomic mass is 10.2. The Balaban J connectivity index is 1.58. The number of hydrogen-bond donors (Lipinski definition) is 1. The molecule has 2 aromatic rings. The maximum atomic E-state index is 12.8. The highest BCUT2D eigenvalue weighted by Crippen LogP contribution is 2.34. The largest absolute Gasteiger partial charge is 0.493 e. The topological polar surface area (TPSA) is 67.9 Å². The number of halogens is 1. The third-order valence-electron chi connectivity index (χ3n) is 4.51. The molecule has 0 aliphatic carbocycles. The van der Waals surface area contributed by atoms with E-state index in [4.69, 9.17) is 21.7 Å². The first-order valence-corrected chi connectivity index (χ1v) is 11.5. The Morgan fingerprint density at radius 2 is 1.94 bits per heavy atom. The number of thiocarbonyl (C=S) groups is 1. The lowest BCUT2D eigenvalue weighted by molar-refractivity contribution is -0.122. The molecule has 9 heteroatoms. The van der Waals surface area contributed by atoms with E-state index in [1.165, 1.54) is 16.7 Å². The van der Waals surface area contributed by atoms with Crippen LogP contribution in [0.3, 0.4) is 0 Å². The fourth-order valence-electron chi connectivity index (χ4n) is 2.96. The molecule has 1 heterocycles. The summed E-state index contributed by atoms with van der Waals surface area (Å²) in [6.45, 7) is 0.386. The maximum Gasteiger partial charge on any atom is 0.266 e. The number of para-hydroxylation sites is 1. The molecule has 0 bridgehead atoms. The number of thioether (sulfide) groups is 1. The quantitative estimate of drug-likeness (QED) is 0.386. The van der Waals surface area contributed by atoms with Crippen LogP contribution < -0.4 is 14.8 Å². The number of carbonyl (C=O) groups excluding carboxylic acids is 2. The van der Waals surface area contributed by atoms with Crippen molar-refractivity contribution in [1.82, 2.24) is 4.90 Å². The number of benzene rings is 2. The molecular weight excluding hydrogens is 500 g/mol. The van der Waals surface area contributed by atoms with Gasteiger partial charge in [0.25, 0.3) is 5.91 Å². The van der Waals surface area contributed by atoms with E-state index in [9.17, 15) is 9.59 Å². The van der Waals surface area contributed by atoms with Gasteiger partial charge in [-0.2, -0.15) is 0 Å². The van der Waals surface area contributed by atoms with Crippen LogP contribution in [-0.2, 0) is 9.59 Å². The van der Waals surface area contributed by atoms with Gasteiger partial charge in [0.1, 0.15) is 4.32 Å². The van der Waals surface area contributed by atoms with Gasteiger partial charge in [0.15, 0.2) is 11.5 Å². The molecule has 0 spiro atoms. The predicted molar refractivity (Wildman–Crippen MR) is 131 cm³/mol. The van der Waals surface area contributed by atoms with Gasteiger partial charge in [-0.05, 0) is 58.3 Å². The van der Waals surface area contributed by atoms with Gasteiger partial charge in [0.2, 0.25) is 5.91 Å². The van der Waals surface area contributed by atoms with E-state index in [0.29, 0.717) is 33.7 Å². The third-order valence-corrected chi connectivity index (χ3v) is 6.58. The van der Waals surface area contributed by atoms with Crippen LogP contribution in [0.2, 0.25) is 0 Å². The van der Waals surface area contributed by atoms with Crippen LogP contribution in [-0.4, -0.2) is 41.8 Å². The van der Waals surface area contributed by atoms with Crippen LogP contribution in [0, 0.1) is 0 Å². The third kappa shape index (κ3) is 5.87. The van der Waals surface area contributed by atoms with E-state index in [2.05, 4.69) is 21.2 Å². The monoisotopic (exact) mass is 520 g/mol. The molecule has 0 saturated carbocycles. The van der Waals surface area contributed by atoms with Crippen molar-refractivity contribution in [2.75, 3.05) is 26.1 Å². The first-order valence-electron chi connectivity index (χ1n) is 9.44. The molecular formula is C22H21BrN2O4S2. The minimum Gasteiger partial charge on any atom is -0.493 e. The number of ether oxygens (including phenoxy) is 2. The molecule has 0 atom stereocenters. The Labute approximate surface area is 199 Å². The molecule has 162 valence electrons. The van der Waals surface area contributed by atoms with Crippen molar-refractivity contribution >= 4 is 67.8 Å². The van der Waals surface area contributed by atoms with Crippen molar-refractivity contribution in [3.05, 3.63) is 57.4 Å². The molecule has 1 N–H and O–H groups in total. The van der Waals surface area contributed by atoms with E-state index in [1.54, 1.807) is 32.4 Å². The number of methoxy groups -OCH3 is 2. The van der Waals surface area contributed by atoms with E-state index in [0.717, 1.165) is 15.7 Å². The zero-order valence-corrected chi connectivity index (χ0v) is 20.2. The summed E-state index contributed by atoms with van der Waals surface area (Å²) in [6, 6.07) is 12.9. The number of anilines is 1. The van der Waals surface area contributed by atoms with Gasteiger partial charge in [-0.25, -0.2) is 0 Å². The number of hydrogen-bond acceptors (Lipinski definition) is 6. The summed E-state index contributed by atoms with van der Waals surface area (Å²) in [5.74, 6) is 0.935. The zero-order chi connectivity index (χ0) is 22.4. The summed E-state index contributed by atoms with van der Waals surface area (Å²) < 4.78 is 11.9. The van der Waals surface area contributed by atoms with Crippen LogP contribution in [0.1, 0.15) is 18.4 Å². The van der Waals surface area contributed by atoms with Crippen molar-refractivity contribution in [1.29, 1.82) is 0 Å². The van der Waals surface area contributed by atoms with Crippen molar-refractivity contribution in [3.63, 3.8) is 0 Å². The first-order chi connectivity index (χ1) is 14.9. The molecule has 31 heavy (non-hydrogen) atoms. The maximum absolute atomic E-state index is 12.8. The number of rotatable bonds is 8. The second-order valence-electron chi connectivity index (χ2n) is 6.58. The average molecular weight is 521 g/mol. The second-order valence-corrected chi connectivity index (χ2v) is 9.11. The van der Waals surface area contributed by atoms with Crippen LogP contribution in [0.5, 0.6) is 11.5 Å². The Hall–Kier alpha value is -2.36. The van der Waals surface area contributed by atoms with Gasteiger partial charge in [0, 0.05) is 17.4 Å². The van der Waals surface area contributed by atoms with Gasteiger partial charge in [-0.1, -0.05) is 42.2 Å². The van der Waals surface area contributed by atoms with Gasteiger partial charge in [-0.15, -0.1) is 0 Å². The molecule has 2 amide bonds. The Kier molecular flexibility index (Phi) is 8.11. The summed E-state index contributed by atoms with van der Waals surface area (Å²) in [7, 11) is 3.13. The van der Waals surface area contributed by atoms with Crippen LogP contribution in [0.25, 0.3) is 6.08 Å². The summed E-state index contributed by atoms with van der Waals surface area (Å²) >= 11 is 10.0. The van der Waals surface area contributed by atoms with Crippen LogP contribution in [0.4, 0.5) is 5.69 Å². The van der Waals surface area contributed by atoms with Crippen molar-refractivity contribution in [2.45, 2.75) is 12.8 Å². The van der Waals surface area contributed by atoms with E-state index in [1.807, 2.05) is 30.3 Å². The minimum absolute atomic E-state index is 0.113. The fourth-order valence-corrected chi connectivity index (χ4v) is 4.65. The molecule has 2 aromatic carbocycles. The Morgan fingerprint density at radius 1 is 1.19 bits per heavy atom. The minimum atomic E-state index is -0.156. The highest BCUT2D eigenvalue weighted by atomic mass is 79.9. The molecule has 1 aliphatic rings. The molecule has 1 saturated heterocycles. The van der Waals surface area contributed by atoms with Gasteiger partial charge < -0.3 is 14.8 Å². The fraction of sp³-hybridized carbons (Fsp3) is 0.227. The Morgan fingerprint density at radius 3 is 2.65 bits per heavy atom. The molecule has 0 unspecified atom stereocenters. The summed E-state index contributed by atoms with van der Waals surface area (Å²) in [4.78, 5) is 27.1. The highest BCUT2D eigenvalue weighted by Gasteiger charge is 2.31. The molecule has 1 aliphatic heterocycles. The Bertz CT molecular complexity index is 1040. The lowest BCUT2D eigenvalue weighted by Gasteiger charge is -2.14. The SMILES string of the molecule is COc1ccc(/C=C2\SC(=S)N(CCCC(=O)Nc3ccccc3Br)C2=O)cc1OC. The average Bonchev–Trinajstić information content (AvgIpc) is 3.02. The van der Waals surface area contributed by atoms with Gasteiger partial charge >= 0.3 is 0 Å². The van der Waals surface area contributed by atoms with Crippen molar-refractivity contribution in [2.24, 2.45) is 0 Å². The normalized spacial score (nSPS) is 14.8. The first kappa shape index (κ1) is 23.3. The highest BCUT2D eigenvalue weighted by molar-refractivity contribution is 9.10. The molecule has 3 rings (SSSR count). The summed E-state index contributed by atoms with van der Waals surface area (Å²) in [5, 5.41) is 2.86. The molecule has 1 fully saturated rings.